The van der Waals surface area contributed by atoms with E-state index in [1.54, 1.807) is 18.2 Å². The minimum Gasteiger partial charge on any atom is -0.358 e. The normalized spacial score (nSPS) is 19.1. The number of rotatable bonds is 7. The molecule has 1 unspecified atom stereocenters. The third kappa shape index (κ3) is 6.01. The highest BCUT2D eigenvalue weighted by Gasteiger charge is 2.51. The zero-order chi connectivity index (χ0) is 26.5. The molecule has 3 aromatic rings. The van der Waals surface area contributed by atoms with Crippen LogP contribution in [0.4, 0.5) is 14.9 Å². The van der Waals surface area contributed by atoms with Gasteiger partial charge in [0.2, 0.25) is 5.91 Å². The molecule has 38 heavy (non-hydrogen) atoms. The van der Waals surface area contributed by atoms with E-state index in [0.717, 1.165) is 23.4 Å². The highest BCUT2D eigenvalue weighted by molar-refractivity contribution is 7.92. The van der Waals surface area contributed by atoms with Gasteiger partial charge in [0.25, 0.3) is 0 Å². The second-order valence-electron chi connectivity index (χ2n) is 9.80. The van der Waals surface area contributed by atoms with Crippen LogP contribution in [-0.4, -0.2) is 46.0 Å². The van der Waals surface area contributed by atoms with Gasteiger partial charge in [-0.3, -0.25) is 15.4 Å². The second kappa shape index (κ2) is 11.6. The average Bonchev–Trinajstić information content (AvgIpc) is 3.15. The first-order valence-electron chi connectivity index (χ1n) is 12.8. The fourth-order valence-corrected chi connectivity index (χ4v) is 5.72. The number of anilines is 1. The van der Waals surface area contributed by atoms with Crippen molar-refractivity contribution in [1.29, 1.82) is 0 Å². The Bertz CT molecular complexity index is 1280. The number of amides is 2. The van der Waals surface area contributed by atoms with E-state index in [1.807, 2.05) is 70.7 Å². The summed E-state index contributed by atoms with van der Waals surface area (Å²) in [6.45, 7) is 3.34. The van der Waals surface area contributed by atoms with Gasteiger partial charge >= 0.3 is 6.09 Å². The van der Waals surface area contributed by atoms with Gasteiger partial charge < -0.3 is 9.08 Å². The van der Waals surface area contributed by atoms with Crippen LogP contribution in [0.2, 0.25) is 0 Å². The van der Waals surface area contributed by atoms with Crippen LogP contribution in [-0.2, 0) is 21.9 Å². The molecule has 0 radical (unpaired) electrons. The maximum atomic E-state index is 14.6. The molecule has 2 aliphatic heterocycles. The number of nitrogens with one attached hydrogen (secondary N) is 2. The van der Waals surface area contributed by atoms with Gasteiger partial charge in [0.15, 0.2) is 12.2 Å². The van der Waals surface area contributed by atoms with Crippen molar-refractivity contribution >= 4 is 29.9 Å². The summed E-state index contributed by atoms with van der Waals surface area (Å²) in [5, 5.41) is 6.35. The summed E-state index contributed by atoms with van der Waals surface area (Å²) in [6, 6.07) is 23.6. The number of piperidine rings is 1. The first kappa shape index (κ1) is 26.2. The molecule has 2 N–H and O–H groups in total. The van der Waals surface area contributed by atoms with Crippen LogP contribution in [0.3, 0.4) is 0 Å². The molecule has 1 spiro atoms. The maximum absolute atomic E-state index is 14.6. The molecule has 198 valence electrons. The molecule has 7 nitrogen and oxygen atoms in total. The number of halogens is 1. The van der Waals surface area contributed by atoms with E-state index in [-0.39, 0.29) is 24.3 Å². The largest absolute Gasteiger partial charge is 0.425 e. The molecule has 2 amide bonds. The highest BCUT2D eigenvalue weighted by Crippen LogP contribution is 2.36. The average molecular weight is 535 g/mol. The Labute approximate surface area is 226 Å². The Morgan fingerprint density at radius 2 is 1.82 bits per heavy atom. The predicted octanol–water partition coefficient (Wildman–Crippen LogP) is 5.28. The molecule has 0 aromatic heterocycles. The van der Waals surface area contributed by atoms with Crippen molar-refractivity contribution in [3.05, 3.63) is 101 Å². The van der Waals surface area contributed by atoms with Gasteiger partial charge in [-0.25, -0.2) is 13.5 Å². The van der Waals surface area contributed by atoms with Gasteiger partial charge in [-0.05, 0) is 55.5 Å². The Balaban J connectivity index is 1.24. The fraction of sp³-hybridized carbons (Fsp3) is 0.310. The molecular formula is C29H31FN4O3S. The SMILES string of the molecule is Cc1cccc(NC(=O)OSN2CCC3(CC2)NC(Cc2ccccc2)C(=O)N3Cc2ccccc2F)c1. The lowest BCUT2D eigenvalue weighted by molar-refractivity contribution is -0.134. The summed E-state index contributed by atoms with van der Waals surface area (Å²) in [6.07, 6.45) is 1.26. The molecule has 0 aliphatic carbocycles. The molecule has 3 aromatic carbocycles. The lowest BCUT2D eigenvalue weighted by atomic mass is 9.96. The number of benzene rings is 3. The third-order valence-electron chi connectivity index (χ3n) is 7.13. The van der Waals surface area contributed by atoms with E-state index in [4.69, 9.17) is 4.18 Å². The summed E-state index contributed by atoms with van der Waals surface area (Å²) in [5.41, 5.74) is 2.69. The number of carbonyl (C=O) groups is 2. The molecule has 9 heteroatoms. The Hall–Kier alpha value is -3.40. The topological polar surface area (TPSA) is 73.9 Å². The fourth-order valence-electron chi connectivity index (χ4n) is 5.17. The van der Waals surface area contributed by atoms with E-state index in [2.05, 4.69) is 10.6 Å². The van der Waals surface area contributed by atoms with Crippen molar-refractivity contribution in [1.82, 2.24) is 14.5 Å². The monoisotopic (exact) mass is 534 g/mol. The molecule has 0 saturated carbocycles. The van der Waals surface area contributed by atoms with Crippen LogP contribution >= 0.6 is 12.2 Å². The number of nitrogens with zero attached hydrogens (tertiary/aromatic N) is 2. The van der Waals surface area contributed by atoms with E-state index < -0.39 is 11.8 Å². The molecule has 0 bridgehead atoms. The summed E-state index contributed by atoms with van der Waals surface area (Å²) < 4.78 is 21.9. The van der Waals surface area contributed by atoms with Gasteiger partial charge in [-0.2, -0.15) is 0 Å². The Morgan fingerprint density at radius 1 is 1.08 bits per heavy atom. The molecule has 5 rings (SSSR count). The van der Waals surface area contributed by atoms with Gasteiger partial charge in [0, 0.05) is 24.3 Å². The Kier molecular flexibility index (Phi) is 7.97. The van der Waals surface area contributed by atoms with Gasteiger partial charge in [-0.1, -0.05) is 60.7 Å². The lowest BCUT2D eigenvalue weighted by Gasteiger charge is -2.43. The zero-order valence-electron chi connectivity index (χ0n) is 21.2. The first-order chi connectivity index (χ1) is 18.4. The van der Waals surface area contributed by atoms with Crippen molar-refractivity contribution < 1.29 is 18.2 Å². The summed E-state index contributed by atoms with van der Waals surface area (Å²) in [4.78, 5) is 27.7. The third-order valence-corrected chi connectivity index (χ3v) is 7.93. The summed E-state index contributed by atoms with van der Waals surface area (Å²) in [5.74, 6) is -0.338. The van der Waals surface area contributed by atoms with Crippen LogP contribution in [0.5, 0.6) is 0 Å². The van der Waals surface area contributed by atoms with E-state index in [9.17, 15) is 14.0 Å². The number of hydrogen-bond acceptors (Lipinski definition) is 6. The van der Waals surface area contributed by atoms with Crippen LogP contribution in [0.15, 0.2) is 78.9 Å². The highest BCUT2D eigenvalue weighted by atomic mass is 32.2. The van der Waals surface area contributed by atoms with Gasteiger partial charge in [0.1, 0.15) is 5.82 Å². The molecule has 2 heterocycles. The summed E-state index contributed by atoms with van der Waals surface area (Å²) >= 11 is 1.01. The van der Waals surface area contributed by atoms with E-state index in [0.29, 0.717) is 43.6 Å². The second-order valence-corrected chi connectivity index (χ2v) is 10.6. The smallest absolute Gasteiger partial charge is 0.358 e. The maximum Gasteiger partial charge on any atom is 0.425 e. The predicted molar refractivity (Wildman–Crippen MR) is 146 cm³/mol. The number of aryl methyl sites for hydroxylation is 1. The standard InChI is InChI=1S/C29H31FN4O3S/c1-21-8-7-12-24(18-21)31-28(36)37-38-33-16-14-29(15-17-33)32-26(19-22-9-3-2-4-10-22)27(35)34(29)20-23-11-5-6-13-25(23)30/h2-13,18,26,32H,14-17,19-20H2,1H3,(H,31,36). The molecule has 2 fully saturated rings. The molecule has 2 saturated heterocycles. The van der Waals surface area contributed by atoms with Gasteiger partial charge in [-0.15, -0.1) is 0 Å². The van der Waals surface area contributed by atoms with E-state index in [1.165, 1.54) is 6.07 Å². The summed E-state index contributed by atoms with van der Waals surface area (Å²) in [7, 11) is 0. The quantitative estimate of drug-likeness (QED) is 0.317. The minimum absolute atomic E-state index is 0.0213. The zero-order valence-corrected chi connectivity index (χ0v) is 22.0. The van der Waals surface area contributed by atoms with Crippen LogP contribution in [0.25, 0.3) is 0 Å². The molecular weight excluding hydrogens is 503 g/mol. The first-order valence-corrected chi connectivity index (χ1v) is 13.5. The van der Waals surface area contributed by atoms with Crippen molar-refractivity contribution in [3.8, 4) is 0 Å². The van der Waals surface area contributed by atoms with Crippen molar-refractivity contribution in [2.75, 3.05) is 18.4 Å². The molecule has 2 aliphatic rings. The van der Waals surface area contributed by atoms with Crippen LogP contribution < -0.4 is 10.6 Å². The number of carbonyl (C=O) groups excluding carboxylic acids is 2. The van der Waals surface area contributed by atoms with Crippen molar-refractivity contribution in [2.24, 2.45) is 0 Å². The minimum atomic E-state index is -0.598. The van der Waals surface area contributed by atoms with Crippen LogP contribution in [0.1, 0.15) is 29.5 Å². The lowest BCUT2D eigenvalue weighted by Crippen LogP contribution is -2.57. The van der Waals surface area contributed by atoms with Crippen molar-refractivity contribution in [2.45, 2.75) is 44.4 Å². The van der Waals surface area contributed by atoms with Gasteiger partial charge in [0.05, 0.1) is 18.2 Å². The van der Waals surface area contributed by atoms with Crippen LogP contribution in [0, 0.1) is 12.7 Å². The van der Waals surface area contributed by atoms with E-state index >= 15 is 0 Å². The van der Waals surface area contributed by atoms with Crippen molar-refractivity contribution in [3.63, 3.8) is 0 Å². The molecule has 1 atom stereocenters. The Morgan fingerprint density at radius 3 is 2.55 bits per heavy atom. The number of hydrogen-bond donors (Lipinski definition) is 2.